The minimum atomic E-state index is -1.31. The molecule has 0 bridgehead atoms. The molecule has 1 rings (SSSR count). The summed E-state index contributed by atoms with van der Waals surface area (Å²) in [4.78, 5) is 31.7. The van der Waals surface area contributed by atoms with Crippen LogP contribution in [0.4, 0.5) is 0 Å². The fourth-order valence-corrected chi connectivity index (χ4v) is 1.16. The number of benzene rings is 1. The van der Waals surface area contributed by atoms with E-state index in [2.05, 4.69) is 0 Å². The first-order valence-corrected chi connectivity index (χ1v) is 4.43. The lowest BCUT2D eigenvalue weighted by atomic mass is 10.0. The number of hydrogen-bond acceptors (Lipinski definition) is 4. The molecule has 0 saturated heterocycles. The van der Waals surface area contributed by atoms with Crippen molar-refractivity contribution in [2.24, 2.45) is 0 Å². The van der Waals surface area contributed by atoms with Gasteiger partial charge in [-0.15, -0.1) is 0 Å². The SMILES string of the molecule is CC(=O)Oc1ccc(C([C]=O)C(=O)O)cc1. The van der Waals surface area contributed by atoms with Crippen LogP contribution in [0.1, 0.15) is 18.4 Å². The number of esters is 1. The average molecular weight is 221 g/mol. The molecule has 0 heterocycles. The highest BCUT2D eigenvalue weighted by Crippen LogP contribution is 2.18. The summed E-state index contributed by atoms with van der Waals surface area (Å²) in [5.74, 6) is -2.75. The van der Waals surface area contributed by atoms with E-state index in [0.717, 1.165) is 0 Å². The summed E-state index contributed by atoms with van der Waals surface area (Å²) in [6.07, 6.45) is 1.42. The van der Waals surface area contributed by atoms with Gasteiger partial charge in [-0.2, -0.15) is 0 Å². The number of carboxylic acids is 1. The van der Waals surface area contributed by atoms with Crippen molar-refractivity contribution in [2.75, 3.05) is 0 Å². The van der Waals surface area contributed by atoms with E-state index in [-0.39, 0.29) is 0 Å². The molecule has 0 spiro atoms. The van der Waals surface area contributed by atoms with Gasteiger partial charge in [-0.3, -0.25) is 14.4 Å². The van der Waals surface area contributed by atoms with Gasteiger partial charge in [0.25, 0.3) is 0 Å². The molecule has 1 radical (unpaired) electrons. The number of carbonyl (C=O) groups excluding carboxylic acids is 2. The van der Waals surface area contributed by atoms with Crippen LogP contribution in [0.2, 0.25) is 0 Å². The molecule has 0 fully saturated rings. The summed E-state index contributed by atoms with van der Waals surface area (Å²) >= 11 is 0. The van der Waals surface area contributed by atoms with Gasteiger partial charge >= 0.3 is 11.9 Å². The van der Waals surface area contributed by atoms with E-state index in [9.17, 15) is 14.4 Å². The van der Waals surface area contributed by atoms with E-state index < -0.39 is 17.9 Å². The molecule has 1 N–H and O–H groups in total. The number of carboxylic acid groups (broad SMARTS) is 1. The highest BCUT2D eigenvalue weighted by Gasteiger charge is 2.19. The summed E-state index contributed by atoms with van der Waals surface area (Å²) in [5, 5.41) is 8.69. The van der Waals surface area contributed by atoms with Crippen LogP contribution >= 0.6 is 0 Å². The van der Waals surface area contributed by atoms with Crippen LogP contribution in [0.25, 0.3) is 0 Å². The minimum absolute atomic E-state index is 0.290. The molecule has 0 aliphatic rings. The minimum Gasteiger partial charge on any atom is -0.480 e. The third-order valence-corrected chi connectivity index (χ3v) is 1.84. The van der Waals surface area contributed by atoms with E-state index >= 15 is 0 Å². The fraction of sp³-hybridized carbons (Fsp3) is 0.182. The molecule has 5 heteroatoms. The predicted octanol–water partition coefficient (Wildman–Crippen LogP) is 0.890. The Hall–Kier alpha value is -2.17. The average Bonchev–Trinajstić information content (AvgIpc) is 2.20. The number of ether oxygens (including phenoxy) is 1. The maximum Gasteiger partial charge on any atom is 0.319 e. The van der Waals surface area contributed by atoms with Gasteiger partial charge in [0.15, 0.2) is 0 Å². The summed E-state index contributed by atoms with van der Waals surface area (Å²) in [6, 6.07) is 5.65. The predicted molar refractivity (Wildman–Crippen MR) is 53.8 cm³/mol. The second-order valence-electron chi connectivity index (χ2n) is 3.05. The van der Waals surface area contributed by atoms with Gasteiger partial charge in [-0.25, -0.2) is 0 Å². The lowest BCUT2D eigenvalue weighted by Crippen LogP contribution is -2.12. The molecule has 83 valence electrons. The first-order chi connectivity index (χ1) is 7.54. The third-order valence-electron chi connectivity index (χ3n) is 1.84. The van der Waals surface area contributed by atoms with Crippen molar-refractivity contribution in [3.8, 4) is 5.75 Å². The van der Waals surface area contributed by atoms with Gasteiger partial charge in [-0.1, -0.05) is 12.1 Å². The Morgan fingerprint density at radius 2 is 1.88 bits per heavy atom. The molecule has 0 aromatic heterocycles. The molecule has 1 atom stereocenters. The van der Waals surface area contributed by atoms with Crippen molar-refractivity contribution < 1.29 is 24.2 Å². The van der Waals surface area contributed by atoms with Crippen LogP contribution in [0, 0.1) is 0 Å². The monoisotopic (exact) mass is 221 g/mol. The van der Waals surface area contributed by atoms with Gasteiger partial charge in [0.2, 0.25) is 6.29 Å². The second-order valence-corrected chi connectivity index (χ2v) is 3.05. The van der Waals surface area contributed by atoms with Crippen molar-refractivity contribution in [3.63, 3.8) is 0 Å². The maximum atomic E-state index is 10.6. The second kappa shape index (κ2) is 5.06. The zero-order chi connectivity index (χ0) is 12.1. The topological polar surface area (TPSA) is 80.7 Å². The molecular weight excluding hydrogens is 212 g/mol. The number of hydrogen-bond donors (Lipinski definition) is 1. The van der Waals surface area contributed by atoms with Crippen molar-refractivity contribution in [3.05, 3.63) is 29.8 Å². The Balaban J connectivity index is 2.89. The van der Waals surface area contributed by atoms with E-state index in [0.29, 0.717) is 11.3 Å². The number of rotatable bonds is 4. The smallest absolute Gasteiger partial charge is 0.319 e. The lowest BCUT2D eigenvalue weighted by Gasteiger charge is -2.05. The van der Waals surface area contributed by atoms with Gasteiger partial charge < -0.3 is 9.84 Å². The Labute approximate surface area is 91.6 Å². The molecule has 0 saturated carbocycles. The van der Waals surface area contributed by atoms with Crippen molar-refractivity contribution in [1.82, 2.24) is 0 Å². The van der Waals surface area contributed by atoms with Gasteiger partial charge in [-0.05, 0) is 17.7 Å². The van der Waals surface area contributed by atoms with Gasteiger partial charge in [0.1, 0.15) is 11.7 Å². The Bertz CT molecular complexity index is 407. The summed E-state index contributed by atoms with van der Waals surface area (Å²) in [6.45, 7) is 1.26. The maximum absolute atomic E-state index is 10.6. The third kappa shape index (κ3) is 2.91. The summed E-state index contributed by atoms with van der Waals surface area (Å²) in [5.41, 5.74) is 0.290. The van der Waals surface area contributed by atoms with E-state index in [1.165, 1.54) is 37.5 Å². The summed E-state index contributed by atoms with van der Waals surface area (Å²) < 4.78 is 4.76. The highest BCUT2D eigenvalue weighted by molar-refractivity contribution is 5.93. The van der Waals surface area contributed by atoms with E-state index in [1.807, 2.05) is 0 Å². The quantitative estimate of drug-likeness (QED) is 0.464. The van der Waals surface area contributed by atoms with Crippen LogP contribution in [0.5, 0.6) is 5.75 Å². The molecule has 0 amide bonds. The van der Waals surface area contributed by atoms with E-state index in [1.54, 1.807) is 0 Å². The molecule has 0 aliphatic carbocycles. The molecule has 1 unspecified atom stereocenters. The normalized spacial score (nSPS) is 11.6. The Morgan fingerprint density at radius 1 is 1.31 bits per heavy atom. The zero-order valence-corrected chi connectivity index (χ0v) is 8.47. The van der Waals surface area contributed by atoms with Crippen molar-refractivity contribution in [1.29, 1.82) is 0 Å². The first kappa shape index (κ1) is 11.9. The van der Waals surface area contributed by atoms with Crippen LogP contribution < -0.4 is 4.74 Å². The van der Waals surface area contributed by atoms with Crippen molar-refractivity contribution >= 4 is 18.2 Å². The van der Waals surface area contributed by atoms with Crippen LogP contribution in [-0.4, -0.2) is 23.3 Å². The standard InChI is InChI=1S/C11H9O5/c1-7(13)16-9-4-2-8(3-5-9)10(6-12)11(14)15/h2-5,10H,1H3,(H,14,15). The number of aliphatic carboxylic acids is 1. The fourth-order valence-electron chi connectivity index (χ4n) is 1.16. The Morgan fingerprint density at radius 3 is 2.25 bits per heavy atom. The van der Waals surface area contributed by atoms with E-state index in [4.69, 9.17) is 9.84 Å². The Kier molecular flexibility index (Phi) is 3.77. The first-order valence-electron chi connectivity index (χ1n) is 4.43. The van der Waals surface area contributed by atoms with Gasteiger partial charge in [0.05, 0.1) is 0 Å². The van der Waals surface area contributed by atoms with Crippen molar-refractivity contribution in [2.45, 2.75) is 12.8 Å². The summed E-state index contributed by atoms with van der Waals surface area (Å²) in [7, 11) is 0. The number of carbonyl (C=O) groups is 2. The lowest BCUT2D eigenvalue weighted by molar-refractivity contribution is -0.137. The molecule has 16 heavy (non-hydrogen) atoms. The molecule has 0 aliphatic heterocycles. The molecule has 1 aromatic rings. The largest absolute Gasteiger partial charge is 0.480 e. The molecule has 5 nitrogen and oxygen atoms in total. The van der Waals surface area contributed by atoms with Gasteiger partial charge in [0, 0.05) is 6.92 Å². The zero-order valence-electron chi connectivity index (χ0n) is 8.47. The molecular formula is C11H9O5. The van der Waals surface area contributed by atoms with Crippen LogP contribution in [0.3, 0.4) is 0 Å². The van der Waals surface area contributed by atoms with Crippen LogP contribution in [-0.2, 0) is 14.4 Å². The van der Waals surface area contributed by atoms with Crippen LogP contribution in [0.15, 0.2) is 24.3 Å². The molecule has 1 aromatic carbocycles. The highest BCUT2D eigenvalue weighted by atomic mass is 16.5.